The second-order valence-corrected chi connectivity index (χ2v) is 7.19. The Morgan fingerprint density at radius 1 is 1.50 bits per heavy atom. The maximum atomic E-state index is 15.3. The fraction of sp³-hybridized carbons (Fsp3) is 0.875. The summed E-state index contributed by atoms with van der Waals surface area (Å²) in [5, 5.41) is 9.03. The first kappa shape index (κ1) is 17.4. The molecule has 0 aromatic heterocycles. The van der Waals surface area contributed by atoms with Crippen LogP contribution in [0.15, 0.2) is 5.10 Å². The molecule has 2 fully saturated rings. The highest BCUT2D eigenvalue weighted by Gasteiger charge is 2.44. The van der Waals surface area contributed by atoms with Gasteiger partial charge in [0.1, 0.15) is 17.5 Å². The number of hydrazine groups is 2. The van der Waals surface area contributed by atoms with E-state index in [0.717, 1.165) is 18.8 Å². The highest BCUT2D eigenvalue weighted by molar-refractivity contribution is 5.82. The van der Waals surface area contributed by atoms with Gasteiger partial charge in [0.15, 0.2) is 0 Å². The van der Waals surface area contributed by atoms with Crippen molar-refractivity contribution >= 4 is 11.8 Å². The number of halogens is 1. The number of alkyl halides is 1. The van der Waals surface area contributed by atoms with Gasteiger partial charge in [0.05, 0.1) is 6.61 Å². The fourth-order valence-corrected chi connectivity index (χ4v) is 4.13. The molecule has 136 valence electrons. The van der Waals surface area contributed by atoms with E-state index in [4.69, 9.17) is 4.74 Å². The summed E-state index contributed by atoms with van der Waals surface area (Å²) in [5.41, 5.74) is 4.65. The Kier molecular flexibility index (Phi) is 5.24. The first-order chi connectivity index (χ1) is 11.5. The van der Waals surface area contributed by atoms with Crippen molar-refractivity contribution in [2.24, 2.45) is 16.9 Å². The lowest BCUT2D eigenvalue weighted by Crippen LogP contribution is -2.52. The van der Waals surface area contributed by atoms with E-state index in [9.17, 15) is 4.79 Å². The molecule has 0 bridgehead atoms. The first-order valence-electron chi connectivity index (χ1n) is 8.90. The molecule has 3 rings (SSSR count). The van der Waals surface area contributed by atoms with Crippen LogP contribution >= 0.6 is 0 Å². The maximum Gasteiger partial charge on any atom is 0.323 e. The second-order valence-electron chi connectivity index (χ2n) is 7.19. The van der Waals surface area contributed by atoms with Crippen molar-refractivity contribution in [3.8, 4) is 0 Å². The van der Waals surface area contributed by atoms with Crippen molar-refractivity contribution in [1.29, 1.82) is 0 Å². The van der Waals surface area contributed by atoms with Crippen LogP contribution < -0.4 is 16.3 Å². The number of fused-ring (bicyclic) bond motifs is 1. The van der Waals surface area contributed by atoms with Gasteiger partial charge >= 0.3 is 5.97 Å². The standard InChI is InChI=1S/C16H28FN5O2/c1-3-24-15(23)13-8-12-9-16(17,6-4-11(12)10-18-13)7-5-14-19-21-22(2)20-14/h11-13,18,21H,3-10H2,1-2H3,(H,19,20)/t11-,12-,13-,16-/m0/s1. The minimum Gasteiger partial charge on any atom is -0.465 e. The van der Waals surface area contributed by atoms with Crippen LogP contribution in [0.1, 0.15) is 45.4 Å². The number of rotatable bonds is 5. The van der Waals surface area contributed by atoms with E-state index in [-0.39, 0.29) is 17.9 Å². The van der Waals surface area contributed by atoms with Crippen LogP contribution in [-0.4, -0.2) is 48.8 Å². The summed E-state index contributed by atoms with van der Waals surface area (Å²) in [6, 6.07) is -0.285. The summed E-state index contributed by atoms with van der Waals surface area (Å²) < 4.78 is 20.4. The average molecular weight is 341 g/mol. The van der Waals surface area contributed by atoms with Gasteiger partial charge in [0, 0.05) is 13.5 Å². The van der Waals surface area contributed by atoms with Crippen molar-refractivity contribution in [3.05, 3.63) is 0 Å². The van der Waals surface area contributed by atoms with E-state index >= 15 is 4.39 Å². The summed E-state index contributed by atoms with van der Waals surface area (Å²) in [6.45, 7) is 2.98. The molecular formula is C16H28FN5O2. The summed E-state index contributed by atoms with van der Waals surface area (Å²) in [5.74, 6) is 1.28. The zero-order chi connectivity index (χ0) is 17.2. The summed E-state index contributed by atoms with van der Waals surface area (Å²) in [4.78, 5) is 12.0. The highest BCUT2D eigenvalue weighted by atomic mass is 19.1. The minimum atomic E-state index is -1.16. The number of piperidine rings is 1. The zero-order valence-electron chi connectivity index (χ0n) is 14.5. The van der Waals surface area contributed by atoms with Crippen molar-refractivity contribution in [2.75, 3.05) is 20.2 Å². The molecule has 24 heavy (non-hydrogen) atoms. The molecule has 1 saturated carbocycles. The molecule has 0 spiro atoms. The second kappa shape index (κ2) is 7.23. The monoisotopic (exact) mass is 341 g/mol. The van der Waals surface area contributed by atoms with Gasteiger partial charge in [0.2, 0.25) is 0 Å². The van der Waals surface area contributed by atoms with E-state index in [0.29, 0.717) is 44.6 Å². The van der Waals surface area contributed by atoms with E-state index in [1.165, 1.54) is 0 Å². The molecule has 0 unspecified atom stereocenters. The maximum absolute atomic E-state index is 15.3. The number of amidine groups is 1. The van der Waals surface area contributed by atoms with E-state index in [1.54, 1.807) is 5.12 Å². The lowest BCUT2D eigenvalue weighted by Gasteiger charge is -2.44. The molecule has 8 heteroatoms. The lowest BCUT2D eigenvalue weighted by molar-refractivity contribution is -0.147. The van der Waals surface area contributed by atoms with Crippen molar-refractivity contribution in [2.45, 2.75) is 57.2 Å². The van der Waals surface area contributed by atoms with Crippen molar-refractivity contribution < 1.29 is 13.9 Å². The molecule has 7 nitrogen and oxygen atoms in total. The van der Waals surface area contributed by atoms with Crippen molar-refractivity contribution in [3.63, 3.8) is 0 Å². The molecule has 2 aliphatic heterocycles. The molecule has 0 aromatic rings. The number of hydrazone groups is 1. The Morgan fingerprint density at radius 2 is 2.33 bits per heavy atom. The number of nitrogens with one attached hydrogen (secondary N) is 3. The van der Waals surface area contributed by atoms with Crippen molar-refractivity contribution in [1.82, 2.24) is 21.4 Å². The topological polar surface area (TPSA) is 78.0 Å². The number of carbonyl (C=O) groups is 1. The number of hydrogen-bond acceptors (Lipinski definition) is 7. The molecule has 4 atom stereocenters. The van der Waals surface area contributed by atoms with Gasteiger partial charge < -0.3 is 10.1 Å². The molecule has 2 heterocycles. The Hall–Kier alpha value is -1.41. The molecule has 3 N–H and O–H groups in total. The van der Waals surface area contributed by atoms with Gasteiger partial charge in [-0.15, -0.1) is 10.2 Å². The van der Waals surface area contributed by atoms with Gasteiger partial charge in [-0.05, 0) is 57.4 Å². The van der Waals surface area contributed by atoms with Gasteiger partial charge in [0.25, 0.3) is 0 Å². The van der Waals surface area contributed by atoms with Crippen LogP contribution in [0.5, 0.6) is 0 Å². The molecular weight excluding hydrogens is 313 g/mol. The number of esters is 1. The van der Waals surface area contributed by atoms with Crippen LogP contribution in [-0.2, 0) is 9.53 Å². The average Bonchev–Trinajstić information content (AvgIpc) is 2.98. The van der Waals surface area contributed by atoms with Crippen LogP contribution in [0.2, 0.25) is 0 Å². The van der Waals surface area contributed by atoms with Crippen LogP contribution in [0, 0.1) is 11.8 Å². The van der Waals surface area contributed by atoms with Crippen LogP contribution in [0.25, 0.3) is 0 Å². The normalized spacial score (nSPS) is 36.3. The Bertz CT molecular complexity index is 503. The third-order valence-corrected chi connectivity index (χ3v) is 5.44. The Labute approximate surface area is 142 Å². The summed E-state index contributed by atoms with van der Waals surface area (Å²) >= 11 is 0. The minimum absolute atomic E-state index is 0.204. The van der Waals surface area contributed by atoms with Gasteiger partial charge in [-0.25, -0.2) is 9.93 Å². The first-order valence-corrected chi connectivity index (χ1v) is 8.90. The largest absolute Gasteiger partial charge is 0.465 e. The highest BCUT2D eigenvalue weighted by Crippen LogP contribution is 2.44. The predicted molar refractivity (Wildman–Crippen MR) is 88.4 cm³/mol. The third-order valence-electron chi connectivity index (χ3n) is 5.44. The molecule has 3 aliphatic rings. The third kappa shape index (κ3) is 3.97. The molecule has 0 radical (unpaired) electrons. The Morgan fingerprint density at radius 3 is 3.04 bits per heavy atom. The predicted octanol–water partition coefficient (Wildman–Crippen LogP) is 1.08. The van der Waals surface area contributed by atoms with Crippen LogP contribution in [0.4, 0.5) is 4.39 Å². The SMILES string of the molecule is CCOC(=O)[C@@H]1C[C@H]2C[C@@](F)(CCC3=NNN(C)N3)CC[C@H]2CN1. The van der Waals surface area contributed by atoms with E-state index in [2.05, 4.69) is 21.4 Å². The smallest absolute Gasteiger partial charge is 0.323 e. The van der Waals surface area contributed by atoms with Gasteiger partial charge in [-0.1, -0.05) is 0 Å². The number of nitrogens with zero attached hydrogens (tertiary/aromatic N) is 2. The van der Waals surface area contributed by atoms with Crippen LogP contribution in [0.3, 0.4) is 0 Å². The van der Waals surface area contributed by atoms with Gasteiger partial charge in [-0.2, -0.15) is 0 Å². The summed E-state index contributed by atoms with van der Waals surface area (Å²) in [7, 11) is 1.82. The molecule has 1 saturated heterocycles. The summed E-state index contributed by atoms with van der Waals surface area (Å²) in [6.07, 6.45) is 3.74. The zero-order valence-corrected chi connectivity index (χ0v) is 14.5. The quantitative estimate of drug-likeness (QED) is 0.650. The van der Waals surface area contributed by atoms with E-state index in [1.807, 2.05) is 14.0 Å². The number of carbonyl (C=O) groups excluding carboxylic acids is 1. The number of ether oxygens (including phenoxy) is 1. The lowest BCUT2D eigenvalue weighted by atomic mass is 9.67. The molecule has 1 aliphatic carbocycles. The number of hydrogen-bond donors (Lipinski definition) is 3. The molecule has 0 aromatic carbocycles. The molecule has 0 amide bonds. The Balaban J connectivity index is 1.53. The van der Waals surface area contributed by atoms with E-state index < -0.39 is 5.67 Å². The fourth-order valence-electron chi connectivity index (χ4n) is 4.13. The van der Waals surface area contributed by atoms with Gasteiger partial charge in [-0.3, -0.25) is 10.2 Å².